The lowest BCUT2D eigenvalue weighted by atomic mass is 10.1. The summed E-state index contributed by atoms with van der Waals surface area (Å²) in [6.45, 7) is 5.89. The van der Waals surface area contributed by atoms with Gasteiger partial charge in [-0.05, 0) is 26.8 Å². The van der Waals surface area contributed by atoms with Crippen molar-refractivity contribution in [3.8, 4) is 0 Å². The summed E-state index contributed by atoms with van der Waals surface area (Å²) in [4.78, 5) is 14.8. The zero-order valence-corrected chi connectivity index (χ0v) is 9.03. The van der Waals surface area contributed by atoms with Gasteiger partial charge in [0.1, 0.15) is 5.82 Å². The van der Waals surface area contributed by atoms with Gasteiger partial charge in [-0.25, -0.2) is 9.78 Å². The van der Waals surface area contributed by atoms with Crippen LogP contribution in [0.1, 0.15) is 31.1 Å². The van der Waals surface area contributed by atoms with Gasteiger partial charge in [0, 0.05) is 5.54 Å². The Kier molecular flexibility index (Phi) is 2.83. The Morgan fingerprint density at radius 2 is 2.13 bits per heavy atom. The molecule has 0 aliphatic carbocycles. The van der Waals surface area contributed by atoms with Gasteiger partial charge in [-0.15, -0.1) is 0 Å². The Labute approximate surface area is 88.3 Å². The van der Waals surface area contributed by atoms with Gasteiger partial charge in [0.05, 0.1) is 17.4 Å². The van der Waals surface area contributed by atoms with E-state index in [4.69, 9.17) is 10.8 Å². The monoisotopic (exact) mass is 209 g/mol. The van der Waals surface area contributed by atoms with Crippen LogP contribution >= 0.6 is 0 Å². The molecule has 5 heteroatoms. The summed E-state index contributed by atoms with van der Waals surface area (Å²) in [5.41, 5.74) is 5.55. The molecule has 1 heterocycles. The van der Waals surface area contributed by atoms with E-state index in [0.29, 0.717) is 5.82 Å². The Morgan fingerprint density at radius 3 is 2.60 bits per heavy atom. The lowest BCUT2D eigenvalue weighted by molar-refractivity contribution is 0.0698. The highest BCUT2D eigenvalue weighted by atomic mass is 16.4. The van der Waals surface area contributed by atoms with E-state index in [0.717, 1.165) is 0 Å². The molecular formula is C10H15N3O2. The number of nitrogen functional groups attached to an aromatic ring is 1. The van der Waals surface area contributed by atoms with Crippen LogP contribution in [-0.2, 0) is 0 Å². The van der Waals surface area contributed by atoms with Crippen LogP contribution in [0.4, 0.5) is 11.5 Å². The number of carboxylic acid groups (broad SMARTS) is 1. The van der Waals surface area contributed by atoms with Gasteiger partial charge in [-0.2, -0.15) is 0 Å². The average molecular weight is 209 g/mol. The molecule has 0 fully saturated rings. The SMILES string of the molecule is CC(C)(C)Nc1cc(C(=O)O)c(N)cn1. The van der Waals surface area contributed by atoms with Crippen LogP contribution in [0.5, 0.6) is 0 Å². The van der Waals surface area contributed by atoms with E-state index in [1.54, 1.807) is 0 Å². The van der Waals surface area contributed by atoms with Crippen molar-refractivity contribution < 1.29 is 9.90 Å². The Bertz CT molecular complexity index is 383. The third-order valence-corrected chi connectivity index (χ3v) is 1.67. The topological polar surface area (TPSA) is 88.2 Å². The molecule has 1 aromatic rings. The quantitative estimate of drug-likeness (QED) is 0.688. The predicted molar refractivity (Wildman–Crippen MR) is 59.0 cm³/mol. The van der Waals surface area contributed by atoms with Crippen molar-refractivity contribution in [3.05, 3.63) is 17.8 Å². The van der Waals surface area contributed by atoms with Gasteiger partial charge < -0.3 is 16.2 Å². The first-order chi connectivity index (χ1) is 6.79. The molecule has 0 saturated heterocycles. The number of carbonyl (C=O) groups is 1. The molecule has 0 amide bonds. The number of hydrogen-bond acceptors (Lipinski definition) is 4. The van der Waals surface area contributed by atoms with Crippen molar-refractivity contribution >= 4 is 17.5 Å². The van der Waals surface area contributed by atoms with Crippen LogP contribution in [0.3, 0.4) is 0 Å². The third-order valence-electron chi connectivity index (χ3n) is 1.67. The maximum atomic E-state index is 10.8. The highest BCUT2D eigenvalue weighted by Gasteiger charge is 2.13. The maximum Gasteiger partial charge on any atom is 0.337 e. The lowest BCUT2D eigenvalue weighted by Crippen LogP contribution is -2.26. The normalized spacial score (nSPS) is 11.1. The summed E-state index contributed by atoms with van der Waals surface area (Å²) in [6.07, 6.45) is 1.34. The fraction of sp³-hybridized carbons (Fsp3) is 0.400. The molecular weight excluding hydrogens is 194 g/mol. The van der Waals surface area contributed by atoms with Gasteiger partial charge in [0.25, 0.3) is 0 Å². The van der Waals surface area contributed by atoms with Crippen molar-refractivity contribution in [2.45, 2.75) is 26.3 Å². The first kappa shape index (κ1) is 11.3. The van der Waals surface area contributed by atoms with Crippen LogP contribution in [0, 0.1) is 0 Å². The third kappa shape index (κ3) is 3.12. The molecule has 0 aromatic carbocycles. The van der Waals surface area contributed by atoms with Crippen LogP contribution < -0.4 is 11.1 Å². The fourth-order valence-corrected chi connectivity index (χ4v) is 1.10. The van der Waals surface area contributed by atoms with Crippen molar-refractivity contribution in [1.82, 2.24) is 4.98 Å². The molecule has 0 atom stereocenters. The Morgan fingerprint density at radius 1 is 1.53 bits per heavy atom. The van der Waals surface area contributed by atoms with Crippen molar-refractivity contribution in [3.63, 3.8) is 0 Å². The lowest BCUT2D eigenvalue weighted by Gasteiger charge is -2.21. The Hall–Kier alpha value is -1.78. The van der Waals surface area contributed by atoms with E-state index in [1.165, 1.54) is 12.3 Å². The summed E-state index contributed by atoms with van der Waals surface area (Å²) in [5.74, 6) is -0.541. The van der Waals surface area contributed by atoms with Gasteiger partial charge >= 0.3 is 5.97 Å². The number of aromatic nitrogens is 1. The molecule has 1 rings (SSSR count). The maximum absolute atomic E-state index is 10.8. The van der Waals surface area contributed by atoms with Gasteiger partial charge in [0.15, 0.2) is 0 Å². The van der Waals surface area contributed by atoms with E-state index < -0.39 is 5.97 Å². The van der Waals surface area contributed by atoms with E-state index in [1.807, 2.05) is 20.8 Å². The van der Waals surface area contributed by atoms with Crippen molar-refractivity contribution in [2.24, 2.45) is 0 Å². The van der Waals surface area contributed by atoms with Crippen molar-refractivity contribution in [1.29, 1.82) is 0 Å². The molecule has 0 unspecified atom stereocenters. The summed E-state index contributed by atoms with van der Waals surface area (Å²) >= 11 is 0. The minimum Gasteiger partial charge on any atom is -0.478 e. The van der Waals surface area contributed by atoms with Crippen LogP contribution in [0.25, 0.3) is 0 Å². The number of anilines is 2. The van der Waals surface area contributed by atoms with Crippen LogP contribution in [0.15, 0.2) is 12.3 Å². The van der Waals surface area contributed by atoms with Crippen LogP contribution in [-0.4, -0.2) is 21.6 Å². The molecule has 15 heavy (non-hydrogen) atoms. The Balaban J connectivity index is 3.03. The standard InChI is InChI=1S/C10H15N3O2/c1-10(2,3)13-8-4-6(9(14)15)7(11)5-12-8/h4-5H,11H2,1-3H3,(H,12,13)(H,14,15). The molecule has 5 nitrogen and oxygen atoms in total. The van der Waals surface area contributed by atoms with E-state index in [9.17, 15) is 4.79 Å². The predicted octanol–water partition coefficient (Wildman–Crippen LogP) is 1.57. The first-order valence-corrected chi connectivity index (χ1v) is 4.56. The molecule has 0 saturated carbocycles. The molecule has 0 radical (unpaired) electrons. The molecule has 0 spiro atoms. The van der Waals surface area contributed by atoms with E-state index >= 15 is 0 Å². The number of hydrogen-bond donors (Lipinski definition) is 3. The van der Waals surface area contributed by atoms with E-state index in [2.05, 4.69) is 10.3 Å². The van der Waals surface area contributed by atoms with Crippen molar-refractivity contribution in [2.75, 3.05) is 11.1 Å². The summed E-state index contributed by atoms with van der Waals surface area (Å²) in [7, 11) is 0. The van der Waals surface area contributed by atoms with Gasteiger partial charge in [-0.3, -0.25) is 0 Å². The van der Waals surface area contributed by atoms with Gasteiger partial charge in [-0.1, -0.05) is 0 Å². The second kappa shape index (κ2) is 3.76. The largest absolute Gasteiger partial charge is 0.478 e. The highest BCUT2D eigenvalue weighted by Crippen LogP contribution is 2.17. The number of carboxylic acids is 1. The summed E-state index contributed by atoms with van der Waals surface area (Å²) < 4.78 is 0. The smallest absolute Gasteiger partial charge is 0.337 e. The number of nitrogens with two attached hydrogens (primary N) is 1. The van der Waals surface area contributed by atoms with Gasteiger partial charge in [0.2, 0.25) is 0 Å². The zero-order valence-electron chi connectivity index (χ0n) is 9.03. The fourth-order valence-electron chi connectivity index (χ4n) is 1.10. The molecule has 0 aliphatic heterocycles. The summed E-state index contributed by atoms with van der Waals surface area (Å²) in [6, 6.07) is 1.43. The number of aromatic carboxylic acids is 1. The second-order valence-corrected chi connectivity index (χ2v) is 4.34. The number of nitrogens with one attached hydrogen (secondary N) is 1. The molecule has 1 aromatic heterocycles. The first-order valence-electron chi connectivity index (χ1n) is 4.56. The van der Waals surface area contributed by atoms with Crippen LogP contribution in [0.2, 0.25) is 0 Å². The number of nitrogens with zero attached hydrogens (tertiary/aromatic N) is 1. The number of rotatable bonds is 2. The molecule has 0 bridgehead atoms. The highest BCUT2D eigenvalue weighted by molar-refractivity contribution is 5.94. The molecule has 4 N–H and O–H groups in total. The average Bonchev–Trinajstić information content (AvgIpc) is 2.05. The minimum absolute atomic E-state index is 0.0664. The molecule has 0 aliphatic rings. The minimum atomic E-state index is -1.05. The summed E-state index contributed by atoms with van der Waals surface area (Å²) in [5, 5.41) is 11.9. The zero-order chi connectivity index (χ0) is 11.6. The van der Waals surface area contributed by atoms with E-state index in [-0.39, 0.29) is 16.8 Å². The number of pyridine rings is 1. The molecule has 82 valence electrons. The second-order valence-electron chi connectivity index (χ2n) is 4.34.